The Labute approximate surface area is 95.1 Å². The summed E-state index contributed by atoms with van der Waals surface area (Å²) >= 11 is 0. The van der Waals surface area contributed by atoms with Gasteiger partial charge in [-0.3, -0.25) is 4.79 Å². The van der Waals surface area contributed by atoms with Crippen molar-refractivity contribution < 1.29 is 14.7 Å². The van der Waals surface area contributed by atoms with Gasteiger partial charge in [-0.15, -0.1) is 0 Å². The van der Waals surface area contributed by atoms with Crippen LogP contribution in [0.4, 0.5) is 0 Å². The highest BCUT2D eigenvalue weighted by Crippen LogP contribution is 2.13. The van der Waals surface area contributed by atoms with Gasteiger partial charge in [-0.1, -0.05) is 0 Å². The number of carbonyl (C=O) groups is 2. The zero-order valence-electron chi connectivity index (χ0n) is 9.40. The number of hydrogen-bond acceptors (Lipinski definition) is 3. The van der Waals surface area contributed by atoms with Crippen molar-refractivity contribution in [3.05, 3.63) is 29.8 Å². The molecule has 0 spiro atoms. The van der Waals surface area contributed by atoms with Gasteiger partial charge in [-0.2, -0.15) is 0 Å². The van der Waals surface area contributed by atoms with E-state index >= 15 is 0 Å². The molecular formula is C13H16O3. The molecule has 1 aromatic rings. The van der Waals surface area contributed by atoms with E-state index in [1.807, 2.05) is 0 Å². The molecule has 0 fully saturated rings. The third-order valence-corrected chi connectivity index (χ3v) is 2.37. The van der Waals surface area contributed by atoms with E-state index < -0.39 is 0 Å². The van der Waals surface area contributed by atoms with Gasteiger partial charge in [0, 0.05) is 18.4 Å². The van der Waals surface area contributed by atoms with E-state index in [4.69, 9.17) is 5.11 Å². The van der Waals surface area contributed by atoms with Crippen LogP contribution in [0.15, 0.2) is 24.3 Å². The fraction of sp³-hybridized carbons (Fsp3) is 0.385. The van der Waals surface area contributed by atoms with Gasteiger partial charge in [0.05, 0.1) is 0 Å². The fourth-order valence-electron chi connectivity index (χ4n) is 1.45. The molecule has 3 heteroatoms. The Kier molecular flexibility index (Phi) is 4.70. The van der Waals surface area contributed by atoms with Gasteiger partial charge in [0.2, 0.25) is 0 Å². The zero-order valence-corrected chi connectivity index (χ0v) is 9.40. The highest BCUT2D eigenvalue weighted by atomic mass is 16.3. The minimum Gasteiger partial charge on any atom is -0.508 e. The van der Waals surface area contributed by atoms with Gasteiger partial charge in [0.15, 0.2) is 5.78 Å². The lowest BCUT2D eigenvalue weighted by molar-refractivity contribution is -0.117. The standard InChI is InChI=1S/C13H16O3/c1-10(14)4-2-3-5-13(16)11-6-8-12(15)9-7-11/h6-9,15H,2-5H2,1H3. The lowest BCUT2D eigenvalue weighted by Gasteiger charge is -2.00. The Morgan fingerprint density at radius 3 is 2.19 bits per heavy atom. The number of aromatic hydroxyl groups is 1. The van der Waals surface area contributed by atoms with Crippen LogP contribution < -0.4 is 0 Å². The summed E-state index contributed by atoms with van der Waals surface area (Å²) in [5, 5.41) is 9.06. The number of benzene rings is 1. The van der Waals surface area contributed by atoms with E-state index in [9.17, 15) is 9.59 Å². The average molecular weight is 220 g/mol. The zero-order chi connectivity index (χ0) is 12.0. The molecular weight excluding hydrogens is 204 g/mol. The summed E-state index contributed by atoms with van der Waals surface area (Å²) in [6, 6.07) is 6.23. The Hall–Kier alpha value is -1.64. The summed E-state index contributed by atoms with van der Waals surface area (Å²) in [5.41, 5.74) is 0.612. The maximum absolute atomic E-state index is 11.6. The SMILES string of the molecule is CC(=O)CCCCC(=O)c1ccc(O)cc1. The van der Waals surface area contributed by atoms with Crippen molar-refractivity contribution in [1.29, 1.82) is 0 Å². The molecule has 1 N–H and O–H groups in total. The van der Waals surface area contributed by atoms with Crippen molar-refractivity contribution in [1.82, 2.24) is 0 Å². The van der Waals surface area contributed by atoms with Crippen LogP contribution in [0.1, 0.15) is 43.0 Å². The van der Waals surface area contributed by atoms with Crippen LogP contribution in [0.5, 0.6) is 5.75 Å². The summed E-state index contributed by atoms with van der Waals surface area (Å²) in [6.45, 7) is 1.56. The maximum Gasteiger partial charge on any atom is 0.162 e. The first-order chi connectivity index (χ1) is 7.59. The smallest absolute Gasteiger partial charge is 0.162 e. The van der Waals surface area contributed by atoms with Crippen LogP contribution >= 0.6 is 0 Å². The lowest BCUT2D eigenvalue weighted by Crippen LogP contribution is -1.99. The Morgan fingerprint density at radius 1 is 1.06 bits per heavy atom. The molecule has 1 rings (SSSR count). The number of phenolic OH excluding ortho intramolecular Hbond substituents is 1. The van der Waals surface area contributed by atoms with Gasteiger partial charge in [0.1, 0.15) is 11.5 Å². The van der Waals surface area contributed by atoms with Crippen molar-refractivity contribution in [3.63, 3.8) is 0 Å². The molecule has 0 heterocycles. The van der Waals surface area contributed by atoms with Crippen molar-refractivity contribution in [2.45, 2.75) is 32.6 Å². The second-order valence-corrected chi connectivity index (χ2v) is 3.88. The van der Waals surface area contributed by atoms with Crippen LogP contribution in [0.3, 0.4) is 0 Å². The average Bonchev–Trinajstić information content (AvgIpc) is 2.25. The topological polar surface area (TPSA) is 54.4 Å². The molecule has 0 aromatic heterocycles. The van der Waals surface area contributed by atoms with E-state index in [0.717, 1.165) is 12.8 Å². The van der Waals surface area contributed by atoms with E-state index in [2.05, 4.69) is 0 Å². The molecule has 0 atom stereocenters. The third kappa shape index (κ3) is 4.26. The van der Waals surface area contributed by atoms with Gasteiger partial charge >= 0.3 is 0 Å². The first-order valence-corrected chi connectivity index (χ1v) is 5.41. The first-order valence-electron chi connectivity index (χ1n) is 5.41. The third-order valence-electron chi connectivity index (χ3n) is 2.37. The van der Waals surface area contributed by atoms with E-state index in [0.29, 0.717) is 18.4 Å². The molecule has 1 aromatic carbocycles. The highest BCUT2D eigenvalue weighted by molar-refractivity contribution is 5.96. The van der Waals surface area contributed by atoms with Crippen LogP contribution in [-0.4, -0.2) is 16.7 Å². The van der Waals surface area contributed by atoms with Gasteiger partial charge in [0.25, 0.3) is 0 Å². The number of Topliss-reactive ketones (excluding diaryl/α,β-unsaturated/α-hetero) is 2. The summed E-state index contributed by atoms with van der Waals surface area (Å²) < 4.78 is 0. The molecule has 0 radical (unpaired) electrons. The number of ketones is 2. The molecule has 16 heavy (non-hydrogen) atoms. The van der Waals surface area contributed by atoms with Gasteiger partial charge < -0.3 is 9.90 Å². The Bertz CT molecular complexity index is 365. The minimum absolute atomic E-state index is 0.0588. The molecule has 0 saturated carbocycles. The van der Waals surface area contributed by atoms with Crippen molar-refractivity contribution in [2.24, 2.45) is 0 Å². The number of unbranched alkanes of at least 4 members (excludes halogenated alkanes) is 1. The lowest BCUT2D eigenvalue weighted by atomic mass is 10.0. The molecule has 0 aliphatic carbocycles. The van der Waals surface area contributed by atoms with Crippen LogP contribution in [-0.2, 0) is 4.79 Å². The molecule has 0 unspecified atom stereocenters. The molecule has 0 saturated heterocycles. The van der Waals surface area contributed by atoms with E-state index in [-0.39, 0.29) is 17.3 Å². The monoisotopic (exact) mass is 220 g/mol. The molecule has 0 aliphatic rings. The van der Waals surface area contributed by atoms with Crippen LogP contribution in [0.2, 0.25) is 0 Å². The van der Waals surface area contributed by atoms with Gasteiger partial charge in [-0.25, -0.2) is 0 Å². The molecule has 0 bridgehead atoms. The number of phenols is 1. The number of carbonyl (C=O) groups excluding carboxylic acids is 2. The Balaban J connectivity index is 2.35. The number of rotatable bonds is 6. The van der Waals surface area contributed by atoms with Crippen molar-refractivity contribution in [2.75, 3.05) is 0 Å². The summed E-state index contributed by atoms with van der Waals surface area (Å²) in [5.74, 6) is 0.383. The summed E-state index contributed by atoms with van der Waals surface area (Å²) in [4.78, 5) is 22.3. The van der Waals surface area contributed by atoms with E-state index in [1.165, 1.54) is 12.1 Å². The van der Waals surface area contributed by atoms with E-state index in [1.54, 1.807) is 19.1 Å². The highest BCUT2D eigenvalue weighted by Gasteiger charge is 2.05. The number of hydrogen-bond donors (Lipinski definition) is 1. The Morgan fingerprint density at radius 2 is 1.62 bits per heavy atom. The summed E-state index contributed by atoms with van der Waals surface area (Å²) in [7, 11) is 0. The molecule has 86 valence electrons. The molecule has 0 amide bonds. The van der Waals surface area contributed by atoms with Gasteiger partial charge in [-0.05, 0) is 44.0 Å². The van der Waals surface area contributed by atoms with Crippen LogP contribution in [0.25, 0.3) is 0 Å². The normalized spacial score (nSPS) is 10.1. The predicted molar refractivity (Wildman–Crippen MR) is 61.6 cm³/mol. The summed E-state index contributed by atoms with van der Waals surface area (Å²) in [6.07, 6.45) is 2.50. The maximum atomic E-state index is 11.6. The second-order valence-electron chi connectivity index (χ2n) is 3.88. The second kappa shape index (κ2) is 6.05. The fourth-order valence-corrected chi connectivity index (χ4v) is 1.45. The molecule has 0 aliphatic heterocycles. The first kappa shape index (κ1) is 12.4. The van der Waals surface area contributed by atoms with Crippen LogP contribution in [0, 0.1) is 0 Å². The minimum atomic E-state index is 0.0588. The largest absolute Gasteiger partial charge is 0.508 e. The van der Waals surface area contributed by atoms with Crippen molar-refractivity contribution in [3.8, 4) is 5.75 Å². The quantitative estimate of drug-likeness (QED) is 0.592. The van der Waals surface area contributed by atoms with Crippen molar-refractivity contribution >= 4 is 11.6 Å². The predicted octanol–water partition coefficient (Wildman–Crippen LogP) is 2.72. The molecule has 3 nitrogen and oxygen atoms in total.